The van der Waals surface area contributed by atoms with Gasteiger partial charge in [-0.1, -0.05) is 6.92 Å². The molecule has 172 valence electrons. The summed E-state index contributed by atoms with van der Waals surface area (Å²) in [5, 5.41) is 16.5. The lowest BCUT2D eigenvalue weighted by Crippen LogP contribution is -2.29. The van der Waals surface area contributed by atoms with Crippen LogP contribution in [0.5, 0.6) is 0 Å². The van der Waals surface area contributed by atoms with Gasteiger partial charge < -0.3 is 26.4 Å². The van der Waals surface area contributed by atoms with Crippen molar-refractivity contribution in [1.29, 1.82) is 0 Å². The molecule has 1 saturated carbocycles. The second-order valence-electron chi connectivity index (χ2n) is 8.80. The summed E-state index contributed by atoms with van der Waals surface area (Å²) in [4.78, 5) is 23.8. The van der Waals surface area contributed by atoms with Gasteiger partial charge in [-0.3, -0.25) is 4.79 Å². The first-order chi connectivity index (χ1) is 15.5. The highest BCUT2D eigenvalue weighted by Gasteiger charge is 2.23. The molecule has 2 aromatic rings. The number of benzene rings is 1. The van der Waals surface area contributed by atoms with E-state index in [4.69, 9.17) is 10.7 Å². The number of hydrogen-bond acceptors (Lipinski definition) is 7. The van der Waals surface area contributed by atoms with Crippen LogP contribution in [0.25, 0.3) is 0 Å². The SMILES string of the molecule is CCc1nc(C(N)=O)c(Nc2ccc(N3CCCCC3)cc2)nc1N[C@H]1CC[C@H](O)CC1. The molecule has 8 nitrogen and oxygen atoms in total. The number of anilines is 4. The Hall–Kier alpha value is -2.87. The average molecular weight is 439 g/mol. The zero-order valence-corrected chi connectivity index (χ0v) is 18.8. The first-order valence-electron chi connectivity index (χ1n) is 11.8. The Bertz CT molecular complexity index is 919. The fraction of sp³-hybridized carbons (Fsp3) is 0.542. The summed E-state index contributed by atoms with van der Waals surface area (Å²) in [5.74, 6) is 0.428. The molecule has 0 radical (unpaired) electrons. The van der Waals surface area contributed by atoms with E-state index < -0.39 is 5.91 Å². The largest absolute Gasteiger partial charge is 0.393 e. The number of amides is 1. The number of nitrogens with zero attached hydrogens (tertiary/aromatic N) is 3. The summed E-state index contributed by atoms with van der Waals surface area (Å²) < 4.78 is 0. The molecular weight excluding hydrogens is 404 g/mol. The number of rotatable bonds is 7. The van der Waals surface area contributed by atoms with Gasteiger partial charge in [0, 0.05) is 30.5 Å². The number of aryl methyl sites for hydroxylation is 1. The molecule has 1 aromatic heterocycles. The number of aliphatic hydroxyl groups is 1. The molecule has 1 amide bonds. The van der Waals surface area contributed by atoms with Gasteiger partial charge in [-0.2, -0.15) is 0 Å². The number of aliphatic hydroxyl groups excluding tert-OH is 1. The zero-order valence-electron chi connectivity index (χ0n) is 18.8. The van der Waals surface area contributed by atoms with Crippen LogP contribution in [0.1, 0.15) is 68.1 Å². The molecule has 0 unspecified atom stereocenters. The van der Waals surface area contributed by atoms with Gasteiger partial charge in [0.2, 0.25) is 0 Å². The highest BCUT2D eigenvalue weighted by Crippen LogP contribution is 2.28. The standard InChI is InChI=1S/C24H34N6O2/c1-2-20-23(26-17-8-12-19(31)13-9-17)29-24(21(28-20)22(25)32)27-16-6-10-18(11-7-16)30-14-4-3-5-15-30/h6-7,10-11,17,19,31H,2-5,8-9,12-15H2,1H3,(H2,25,32)(H2,26,27,29)/t17-,19-. The number of piperidine rings is 1. The predicted molar refractivity (Wildman–Crippen MR) is 128 cm³/mol. The summed E-state index contributed by atoms with van der Waals surface area (Å²) in [6.45, 7) is 4.17. The van der Waals surface area contributed by atoms with Crippen molar-refractivity contribution < 1.29 is 9.90 Å². The number of carbonyl (C=O) groups excluding carboxylic acids is 1. The third-order valence-corrected chi connectivity index (χ3v) is 6.43. The Morgan fingerprint density at radius 1 is 1.06 bits per heavy atom. The fourth-order valence-electron chi connectivity index (χ4n) is 4.55. The third-order valence-electron chi connectivity index (χ3n) is 6.43. The van der Waals surface area contributed by atoms with Gasteiger partial charge in [-0.05, 0) is 75.6 Å². The number of nitrogens with one attached hydrogen (secondary N) is 2. The molecule has 8 heteroatoms. The second-order valence-corrected chi connectivity index (χ2v) is 8.80. The molecule has 1 aromatic carbocycles. The van der Waals surface area contributed by atoms with E-state index in [1.54, 1.807) is 0 Å². The maximum Gasteiger partial charge on any atom is 0.271 e. The van der Waals surface area contributed by atoms with Crippen molar-refractivity contribution in [2.75, 3.05) is 28.6 Å². The maximum atomic E-state index is 12.1. The molecule has 0 atom stereocenters. The van der Waals surface area contributed by atoms with Crippen LogP contribution in [0.3, 0.4) is 0 Å². The minimum Gasteiger partial charge on any atom is -0.393 e. The van der Waals surface area contributed by atoms with Crippen molar-refractivity contribution in [1.82, 2.24) is 9.97 Å². The van der Waals surface area contributed by atoms with E-state index in [9.17, 15) is 9.90 Å². The van der Waals surface area contributed by atoms with Crippen molar-refractivity contribution in [2.24, 2.45) is 5.73 Å². The lowest BCUT2D eigenvalue weighted by atomic mass is 9.93. The first-order valence-corrected chi connectivity index (χ1v) is 11.8. The van der Waals surface area contributed by atoms with Crippen molar-refractivity contribution in [3.8, 4) is 0 Å². The molecule has 2 aliphatic rings. The minimum absolute atomic E-state index is 0.145. The number of hydrogen-bond donors (Lipinski definition) is 4. The van der Waals surface area contributed by atoms with Crippen LogP contribution < -0.4 is 21.3 Å². The van der Waals surface area contributed by atoms with E-state index >= 15 is 0 Å². The van der Waals surface area contributed by atoms with Gasteiger partial charge >= 0.3 is 0 Å². The van der Waals surface area contributed by atoms with Crippen molar-refractivity contribution >= 4 is 28.9 Å². The molecule has 1 aliphatic carbocycles. The predicted octanol–water partition coefficient (Wildman–Crippen LogP) is 3.59. The highest BCUT2D eigenvalue weighted by molar-refractivity contribution is 5.96. The summed E-state index contributed by atoms with van der Waals surface area (Å²) in [7, 11) is 0. The Morgan fingerprint density at radius 3 is 2.38 bits per heavy atom. The van der Waals surface area contributed by atoms with E-state index in [1.807, 2.05) is 19.1 Å². The zero-order chi connectivity index (χ0) is 22.5. The molecule has 4 rings (SSSR count). The van der Waals surface area contributed by atoms with E-state index in [0.717, 1.165) is 50.2 Å². The minimum atomic E-state index is -0.605. The van der Waals surface area contributed by atoms with E-state index in [0.29, 0.717) is 18.1 Å². The Labute approximate surface area is 189 Å². The van der Waals surface area contributed by atoms with Crippen molar-refractivity contribution in [2.45, 2.75) is 70.4 Å². The monoisotopic (exact) mass is 438 g/mol. The number of primary amides is 1. The molecule has 5 N–H and O–H groups in total. The van der Waals surface area contributed by atoms with Crippen LogP contribution in [-0.2, 0) is 6.42 Å². The normalized spacial score (nSPS) is 21.2. The highest BCUT2D eigenvalue weighted by atomic mass is 16.3. The van der Waals surface area contributed by atoms with Gasteiger partial charge in [0.05, 0.1) is 11.8 Å². The average Bonchev–Trinajstić information content (AvgIpc) is 2.81. The summed E-state index contributed by atoms with van der Waals surface area (Å²) in [6.07, 6.45) is 7.50. The van der Waals surface area contributed by atoms with Gasteiger partial charge in [0.15, 0.2) is 11.5 Å². The van der Waals surface area contributed by atoms with Crippen LogP contribution >= 0.6 is 0 Å². The molecular formula is C24H34N6O2. The van der Waals surface area contributed by atoms with Gasteiger partial charge in [-0.25, -0.2) is 9.97 Å². The van der Waals surface area contributed by atoms with Crippen LogP contribution in [0.2, 0.25) is 0 Å². The molecule has 0 spiro atoms. The molecule has 1 aliphatic heterocycles. The van der Waals surface area contributed by atoms with Gasteiger partial charge in [0.1, 0.15) is 5.82 Å². The molecule has 2 fully saturated rings. The number of nitrogens with two attached hydrogens (primary N) is 1. The van der Waals surface area contributed by atoms with E-state index in [-0.39, 0.29) is 17.8 Å². The third kappa shape index (κ3) is 5.30. The topological polar surface area (TPSA) is 116 Å². The molecule has 0 bridgehead atoms. The molecule has 1 saturated heterocycles. The molecule has 2 heterocycles. The number of carbonyl (C=O) groups is 1. The van der Waals surface area contributed by atoms with E-state index in [2.05, 4.69) is 32.7 Å². The summed E-state index contributed by atoms with van der Waals surface area (Å²) in [5.41, 5.74) is 8.53. The second kappa shape index (κ2) is 10.2. The Balaban J connectivity index is 1.55. The van der Waals surface area contributed by atoms with Crippen LogP contribution in [-0.4, -0.2) is 46.2 Å². The smallest absolute Gasteiger partial charge is 0.271 e. The fourth-order valence-corrected chi connectivity index (χ4v) is 4.55. The number of aromatic nitrogens is 2. The Kier molecular flexibility index (Phi) is 7.09. The lowest BCUT2D eigenvalue weighted by molar-refractivity contribution is 0.0996. The molecule has 32 heavy (non-hydrogen) atoms. The van der Waals surface area contributed by atoms with Crippen LogP contribution in [0.15, 0.2) is 24.3 Å². The summed E-state index contributed by atoms with van der Waals surface area (Å²) >= 11 is 0. The first kappa shape index (κ1) is 22.3. The van der Waals surface area contributed by atoms with Crippen molar-refractivity contribution in [3.05, 3.63) is 35.7 Å². The quantitative estimate of drug-likeness (QED) is 0.522. The Morgan fingerprint density at radius 2 is 1.75 bits per heavy atom. The van der Waals surface area contributed by atoms with Crippen LogP contribution in [0.4, 0.5) is 23.0 Å². The van der Waals surface area contributed by atoms with E-state index in [1.165, 1.54) is 24.9 Å². The van der Waals surface area contributed by atoms with Gasteiger partial charge in [-0.15, -0.1) is 0 Å². The summed E-state index contributed by atoms with van der Waals surface area (Å²) in [6, 6.07) is 8.42. The maximum absolute atomic E-state index is 12.1. The van der Waals surface area contributed by atoms with Crippen molar-refractivity contribution in [3.63, 3.8) is 0 Å². The van der Waals surface area contributed by atoms with Crippen LogP contribution in [0, 0.1) is 0 Å². The van der Waals surface area contributed by atoms with Gasteiger partial charge in [0.25, 0.3) is 5.91 Å². The lowest BCUT2D eigenvalue weighted by Gasteiger charge is -2.29.